The van der Waals surface area contributed by atoms with Crippen LogP contribution in [0.2, 0.25) is 0 Å². The van der Waals surface area contributed by atoms with Crippen molar-refractivity contribution in [2.75, 3.05) is 20.8 Å². The highest BCUT2D eigenvalue weighted by Crippen LogP contribution is 2.43. The first-order valence-corrected chi connectivity index (χ1v) is 11.5. The molecule has 2 aromatic carbocycles. The van der Waals surface area contributed by atoms with Crippen LogP contribution in [0.1, 0.15) is 44.9 Å². The number of hydrogen-bond donors (Lipinski definition) is 0. The average Bonchev–Trinajstić information content (AvgIpc) is 2.99. The first kappa shape index (κ1) is 24.0. The lowest BCUT2D eigenvalue weighted by atomic mass is 9.93. The molecule has 1 unspecified atom stereocenters. The fourth-order valence-corrected chi connectivity index (χ4v) is 5.16. The van der Waals surface area contributed by atoms with E-state index in [0.29, 0.717) is 22.6 Å². The van der Waals surface area contributed by atoms with Crippen LogP contribution in [0, 0.1) is 0 Å². The minimum atomic E-state index is -4.25. The van der Waals surface area contributed by atoms with Crippen molar-refractivity contribution >= 4 is 16.3 Å². The zero-order valence-corrected chi connectivity index (χ0v) is 19.9. The Morgan fingerprint density at radius 3 is 1.78 bits per heavy atom. The maximum atomic E-state index is 13.2. The molecule has 1 aliphatic heterocycles. The van der Waals surface area contributed by atoms with E-state index in [9.17, 15) is 13.2 Å². The lowest BCUT2D eigenvalue weighted by molar-refractivity contribution is -0.166. The fourth-order valence-electron chi connectivity index (χ4n) is 3.54. The van der Waals surface area contributed by atoms with E-state index in [1.54, 1.807) is 83.5 Å². The quantitative estimate of drug-likeness (QED) is 0.606. The van der Waals surface area contributed by atoms with Gasteiger partial charge in [-0.2, -0.15) is 8.42 Å². The molecule has 1 saturated heterocycles. The topological polar surface area (TPSA) is 91.4 Å². The molecule has 2 aromatic rings. The number of carbonyl (C=O) groups is 1. The second kappa shape index (κ2) is 8.73. The highest BCUT2D eigenvalue weighted by atomic mass is 32.2. The molecule has 8 nitrogen and oxygen atoms in total. The Kier molecular flexibility index (Phi) is 6.55. The molecule has 1 heterocycles. The third-order valence-corrected chi connectivity index (χ3v) is 6.66. The van der Waals surface area contributed by atoms with Gasteiger partial charge in [0.1, 0.15) is 17.1 Å². The van der Waals surface area contributed by atoms with Crippen LogP contribution in [0.4, 0.5) is 0 Å². The molecular formula is C23H29NO7S. The number of rotatable bonds is 6. The Labute approximate surface area is 189 Å². The van der Waals surface area contributed by atoms with E-state index in [2.05, 4.69) is 0 Å². The van der Waals surface area contributed by atoms with Crippen molar-refractivity contribution in [1.82, 2.24) is 4.31 Å². The van der Waals surface area contributed by atoms with Gasteiger partial charge in [-0.3, -0.25) is 4.18 Å². The van der Waals surface area contributed by atoms with Gasteiger partial charge >= 0.3 is 16.3 Å². The summed E-state index contributed by atoms with van der Waals surface area (Å²) in [5.74, 6) is 0.563. The third-order valence-electron chi connectivity index (χ3n) is 5.15. The van der Waals surface area contributed by atoms with Crippen molar-refractivity contribution in [3.63, 3.8) is 0 Å². The van der Waals surface area contributed by atoms with Crippen molar-refractivity contribution in [1.29, 1.82) is 0 Å². The van der Waals surface area contributed by atoms with Crippen molar-refractivity contribution in [2.45, 2.75) is 44.9 Å². The summed E-state index contributed by atoms with van der Waals surface area (Å²) < 4.78 is 48.6. The zero-order chi connectivity index (χ0) is 23.7. The second-order valence-electron chi connectivity index (χ2n) is 8.74. The molecule has 32 heavy (non-hydrogen) atoms. The number of ether oxygens (including phenoxy) is 3. The second-order valence-corrected chi connectivity index (χ2v) is 10.2. The van der Waals surface area contributed by atoms with Crippen LogP contribution in [0.25, 0.3) is 0 Å². The molecule has 0 N–H and O–H groups in total. The normalized spacial score (nSPS) is 20.8. The lowest BCUT2D eigenvalue weighted by Crippen LogP contribution is -2.54. The van der Waals surface area contributed by atoms with Gasteiger partial charge in [0.25, 0.3) is 0 Å². The summed E-state index contributed by atoms with van der Waals surface area (Å²) in [4.78, 5) is 13.2. The van der Waals surface area contributed by atoms with Gasteiger partial charge in [-0.05, 0) is 63.1 Å². The van der Waals surface area contributed by atoms with Crippen LogP contribution in [0.3, 0.4) is 0 Å². The standard InChI is InChI=1S/C23H29NO7S/c1-22(2,3)31-21(25)23(4)15-30-32(26,27)24(23)20(16-7-11-18(28-5)12-8-16)17-9-13-19(29-6)14-10-17/h7-14,20H,15H2,1-6H3. The summed E-state index contributed by atoms with van der Waals surface area (Å²) in [6, 6.07) is 13.1. The molecule has 0 radical (unpaired) electrons. The number of esters is 1. The van der Waals surface area contributed by atoms with E-state index >= 15 is 0 Å². The molecule has 3 rings (SSSR count). The largest absolute Gasteiger partial charge is 0.497 e. The minimum Gasteiger partial charge on any atom is -0.497 e. The van der Waals surface area contributed by atoms with Crippen LogP contribution in [0.5, 0.6) is 11.5 Å². The van der Waals surface area contributed by atoms with Gasteiger partial charge in [0.05, 0.1) is 26.9 Å². The average molecular weight is 464 g/mol. The Morgan fingerprint density at radius 2 is 1.41 bits per heavy atom. The van der Waals surface area contributed by atoms with E-state index in [0.717, 1.165) is 4.31 Å². The molecule has 1 aliphatic rings. The van der Waals surface area contributed by atoms with E-state index in [1.807, 2.05) is 0 Å². The maximum Gasteiger partial charge on any atom is 0.340 e. The predicted octanol–water partition coefficient (Wildman–Crippen LogP) is 3.47. The van der Waals surface area contributed by atoms with E-state index in [1.165, 1.54) is 6.92 Å². The number of methoxy groups -OCH3 is 2. The van der Waals surface area contributed by atoms with Crippen LogP contribution < -0.4 is 9.47 Å². The Bertz CT molecular complexity index is 1010. The van der Waals surface area contributed by atoms with Crippen LogP contribution in [0.15, 0.2) is 48.5 Å². The summed E-state index contributed by atoms with van der Waals surface area (Å²) >= 11 is 0. The maximum absolute atomic E-state index is 13.2. The molecule has 0 bridgehead atoms. The number of hydrogen-bond acceptors (Lipinski definition) is 7. The molecule has 0 aliphatic carbocycles. The van der Waals surface area contributed by atoms with Crippen molar-refractivity contribution in [2.24, 2.45) is 0 Å². The van der Waals surface area contributed by atoms with Crippen molar-refractivity contribution < 1.29 is 31.6 Å². The summed E-state index contributed by atoms with van der Waals surface area (Å²) in [5.41, 5.74) is -1.09. The van der Waals surface area contributed by atoms with Gasteiger partial charge in [-0.1, -0.05) is 24.3 Å². The number of benzene rings is 2. The van der Waals surface area contributed by atoms with Crippen LogP contribution in [-0.2, 0) is 24.0 Å². The third kappa shape index (κ3) is 4.74. The molecule has 0 aromatic heterocycles. The molecule has 1 fully saturated rings. The van der Waals surface area contributed by atoms with Crippen molar-refractivity contribution in [3.05, 3.63) is 59.7 Å². The minimum absolute atomic E-state index is 0.354. The van der Waals surface area contributed by atoms with E-state index in [-0.39, 0.29) is 6.61 Å². The molecule has 174 valence electrons. The van der Waals surface area contributed by atoms with Gasteiger partial charge in [0.2, 0.25) is 0 Å². The Hall–Kier alpha value is -2.62. The van der Waals surface area contributed by atoms with Crippen molar-refractivity contribution in [3.8, 4) is 11.5 Å². The summed E-state index contributed by atoms with van der Waals surface area (Å²) in [6.07, 6.45) is 0. The van der Waals surface area contributed by atoms with Gasteiger partial charge < -0.3 is 14.2 Å². The van der Waals surface area contributed by atoms with Crippen LogP contribution in [-0.4, -0.2) is 50.7 Å². The van der Waals surface area contributed by atoms with Gasteiger partial charge in [0.15, 0.2) is 5.54 Å². The predicted molar refractivity (Wildman–Crippen MR) is 119 cm³/mol. The molecule has 0 spiro atoms. The molecule has 9 heteroatoms. The lowest BCUT2D eigenvalue weighted by Gasteiger charge is -2.37. The van der Waals surface area contributed by atoms with Gasteiger partial charge in [0, 0.05) is 0 Å². The number of carbonyl (C=O) groups excluding carboxylic acids is 1. The fraction of sp³-hybridized carbons (Fsp3) is 0.435. The first-order chi connectivity index (χ1) is 14.9. The monoisotopic (exact) mass is 463 g/mol. The summed E-state index contributed by atoms with van der Waals surface area (Å²) in [7, 11) is -1.15. The first-order valence-electron chi connectivity index (χ1n) is 10.1. The van der Waals surface area contributed by atoms with Crippen LogP contribution >= 0.6 is 0 Å². The molecule has 1 atom stereocenters. The number of nitrogens with zero attached hydrogens (tertiary/aromatic N) is 1. The van der Waals surface area contributed by atoms with E-state index in [4.69, 9.17) is 18.4 Å². The summed E-state index contributed by atoms with van der Waals surface area (Å²) in [5, 5.41) is 0. The van der Waals surface area contributed by atoms with E-state index < -0.39 is 33.5 Å². The van der Waals surface area contributed by atoms with Gasteiger partial charge in [-0.15, -0.1) is 4.31 Å². The Balaban J connectivity index is 2.18. The zero-order valence-electron chi connectivity index (χ0n) is 19.1. The molecule has 0 amide bonds. The molecule has 0 saturated carbocycles. The smallest absolute Gasteiger partial charge is 0.340 e. The molecular weight excluding hydrogens is 434 g/mol. The highest BCUT2D eigenvalue weighted by Gasteiger charge is 2.58. The Morgan fingerprint density at radius 1 is 0.969 bits per heavy atom. The summed E-state index contributed by atoms with van der Waals surface area (Å²) in [6.45, 7) is 6.35. The highest BCUT2D eigenvalue weighted by molar-refractivity contribution is 7.84. The van der Waals surface area contributed by atoms with Gasteiger partial charge in [-0.25, -0.2) is 4.79 Å². The SMILES string of the molecule is COc1ccc(C(c2ccc(OC)cc2)N2C(C)(C(=O)OC(C)(C)C)COS2(=O)=O)cc1.